The number of alkyl halides is 2. The molecule has 0 aliphatic carbocycles. The third-order valence-electron chi connectivity index (χ3n) is 6.19. The Balaban J connectivity index is 1.58. The van der Waals surface area contributed by atoms with Crippen molar-refractivity contribution in [2.75, 3.05) is 11.9 Å². The van der Waals surface area contributed by atoms with Crippen LogP contribution in [0.2, 0.25) is 5.02 Å². The van der Waals surface area contributed by atoms with Gasteiger partial charge in [0.15, 0.2) is 5.13 Å². The van der Waals surface area contributed by atoms with E-state index in [2.05, 4.69) is 15.3 Å². The van der Waals surface area contributed by atoms with Crippen LogP contribution in [0.5, 0.6) is 0 Å². The molecule has 4 rings (SSSR count). The summed E-state index contributed by atoms with van der Waals surface area (Å²) in [6, 6.07) is 5.38. The number of aromatic nitrogens is 2. The smallest absolute Gasteiger partial charge is 0.310 e. The molecule has 2 atom stereocenters. The number of benzene rings is 1. The lowest BCUT2D eigenvalue weighted by Gasteiger charge is -2.44. The molecule has 0 spiro atoms. The Labute approximate surface area is 207 Å². The number of carboxylic acid groups (broad SMARTS) is 1. The zero-order valence-electron chi connectivity index (χ0n) is 18.2. The fourth-order valence-electron chi connectivity index (χ4n) is 4.31. The van der Waals surface area contributed by atoms with E-state index in [0.29, 0.717) is 5.13 Å². The van der Waals surface area contributed by atoms with E-state index in [1.165, 1.54) is 40.5 Å². The molecule has 1 aliphatic heterocycles. The summed E-state index contributed by atoms with van der Waals surface area (Å²) in [5.74, 6) is -2.48. The predicted molar refractivity (Wildman–Crippen MR) is 124 cm³/mol. The molecule has 2 N–H and O–H groups in total. The van der Waals surface area contributed by atoms with Crippen LogP contribution >= 0.6 is 22.9 Å². The van der Waals surface area contributed by atoms with Crippen LogP contribution in [0, 0.1) is 17.0 Å². The van der Waals surface area contributed by atoms with Gasteiger partial charge in [-0.3, -0.25) is 9.69 Å². The highest BCUT2D eigenvalue weighted by atomic mass is 35.5. The van der Waals surface area contributed by atoms with Gasteiger partial charge in [-0.1, -0.05) is 23.7 Å². The number of aliphatic carboxylic acids is 1. The average molecular weight is 529 g/mol. The zero-order valence-corrected chi connectivity index (χ0v) is 19.8. The Morgan fingerprint density at radius 3 is 2.80 bits per heavy atom. The van der Waals surface area contributed by atoms with E-state index < -0.39 is 41.9 Å². The van der Waals surface area contributed by atoms with Gasteiger partial charge >= 0.3 is 5.97 Å². The van der Waals surface area contributed by atoms with Gasteiger partial charge in [0, 0.05) is 36.7 Å². The average Bonchev–Trinajstić information content (AvgIpc) is 3.33. The summed E-state index contributed by atoms with van der Waals surface area (Å²) < 4.78 is 57.2. The first-order chi connectivity index (χ1) is 16.7. The van der Waals surface area contributed by atoms with Gasteiger partial charge < -0.3 is 10.4 Å². The summed E-state index contributed by atoms with van der Waals surface area (Å²) in [4.78, 5) is 22.0. The molecule has 1 fully saturated rings. The second kappa shape index (κ2) is 10.5. The van der Waals surface area contributed by atoms with E-state index in [4.69, 9.17) is 11.6 Å². The maximum Gasteiger partial charge on any atom is 0.310 e. The molecule has 0 bridgehead atoms. The van der Waals surface area contributed by atoms with E-state index in [9.17, 15) is 27.5 Å². The van der Waals surface area contributed by atoms with Crippen molar-refractivity contribution in [3.63, 3.8) is 0 Å². The van der Waals surface area contributed by atoms with Gasteiger partial charge in [-0.05, 0) is 31.0 Å². The number of likely N-dealkylation sites (tertiary alicyclic amines) is 1. The molecule has 3 aromatic rings. The molecule has 6 nitrogen and oxygen atoms in total. The number of halogens is 5. The predicted octanol–water partition coefficient (Wildman–Crippen LogP) is 5.76. The molecule has 1 saturated heterocycles. The topological polar surface area (TPSA) is 78.3 Å². The van der Waals surface area contributed by atoms with Crippen LogP contribution in [0.1, 0.15) is 24.1 Å². The maximum atomic E-state index is 14.6. The molecule has 12 heteroatoms. The van der Waals surface area contributed by atoms with E-state index in [1.807, 2.05) is 0 Å². The van der Waals surface area contributed by atoms with Gasteiger partial charge in [0.1, 0.15) is 17.5 Å². The second-order valence-electron chi connectivity index (χ2n) is 8.39. The van der Waals surface area contributed by atoms with Gasteiger partial charge in [-0.25, -0.2) is 27.5 Å². The number of anilines is 2. The van der Waals surface area contributed by atoms with E-state index in [0.717, 1.165) is 6.07 Å². The number of hydrogen-bond acceptors (Lipinski definition) is 6. The molecule has 186 valence electrons. The lowest BCUT2D eigenvalue weighted by atomic mass is 9.71. The second-order valence-corrected chi connectivity index (χ2v) is 9.69. The fraction of sp³-hybridized carbons (Fsp3) is 0.348. The third-order valence-corrected chi connectivity index (χ3v) is 7.17. The molecule has 2 unspecified atom stereocenters. The Bertz CT molecular complexity index is 1200. The monoisotopic (exact) mass is 528 g/mol. The molecule has 1 aliphatic rings. The number of hydrogen-bond donors (Lipinski definition) is 2. The minimum Gasteiger partial charge on any atom is -0.481 e. The van der Waals surface area contributed by atoms with E-state index >= 15 is 0 Å². The quantitative estimate of drug-likeness (QED) is 0.362. The third kappa shape index (κ3) is 5.57. The summed E-state index contributed by atoms with van der Waals surface area (Å²) in [6.07, 6.45) is -2.19. The van der Waals surface area contributed by atoms with Crippen molar-refractivity contribution < 1.29 is 27.5 Å². The molecule has 2 aromatic heterocycles. The minimum absolute atomic E-state index is 0.0427. The highest BCUT2D eigenvalue weighted by Gasteiger charge is 2.49. The van der Waals surface area contributed by atoms with Crippen LogP contribution in [-0.2, 0) is 17.8 Å². The Morgan fingerprint density at radius 1 is 1.31 bits per heavy atom. The van der Waals surface area contributed by atoms with Crippen LogP contribution < -0.4 is 5.32 Å². The molecule has 3 heterocycles. The molecule has 0 radical (unpaired) electrons. The highest BCUT2D eigenvalue weighted by Crippen LogP contribution is 2.41. The molecule has 0 saturated carbocycles. The van der Waals surface area contributed by atoms with Gasteiger partial charge in [0.25, 0.3) is 6.43 Å². The van der Waals surface area contributed by atoms with Crippen LogP contribution in [-0.4, -0.2) is 45.0 Å². The number of pyridine rings is 1. The van der Waals surface area contributed by atoms with Crippen molar-refractivity contribution in [3.8, 4) is 0 Å². The van der Waals surface area contributed by atoms with Crippen LogP contribution in [0.3, 0.4) is 0 Å². The standard InChI is InChI=1S/C23H21ClF4N4O2S/c24-14-3-1-2-13(19(14)26)12-32-8-6-23(21(33)34,11-17(32)20(27)28)10-16-15(25)4-5-18(30-16)31-22-29-7-9-35-22/h1-5,7,9,17,20H,6,8,10-12H2,(H,33,34)(H,29,30,31). The SMILES string of the molecule is O=C(O)C1(Cc2nc(Nc3nccs3)ccc2F)CCN(Cc2cccc(Cl)c2F)C(C(F)F)C1. The van der Waals surface area contributed by atoms with Crippen molar-refractivity contribution in [1.82, 2.24) is 14.9 Å². The van der Waals surface area contributed by atoms with Crippen molar-refractivity contribution in [1.29, 1.82) is 0 Å². The summed E-state index contributed by atoms with van der Waals surface area (Å²) in [6.45, 7) is -0.205. The van der Waals surface area contributed by atoms with Crippen molar-refractivity contribution in [3.05, 3.63) is 69.8 Å². The first-order valence-electron chi connectivity index (χ1n) is 10.7. The number of piperidine rings is 1. The lowest BCUT2D eigenvalue weighted by molar-refractivity contribution is -0.156. The van der Waals surface area contributed by atoms with Crippen molar-refractivity contribution in [2.24, 2.45) is 5.41 Å². The Hall–Kier alpha value is -2.76. The van der Waals surface area contributed by atoms with Crippen LogP contribution in [0.4, 0.5) is 28.5 Å². The van der Waals surface area contributed by atoms with Gasteiger partial charge in [0.05, 0.1) is 22.2 Å². The highest BCUT2D eigenvalue weighted by molar-refractivity contribution is 7.13. The first kappa shape index (κ1) is 25.3. The largest absolute Gasteiger partial charge is 0.481 e. The molecular formula is C23H21ClF4N4O2S. The first-order valence-corrected chi connectivity index (χ1v) is 11.9. The Morgan fingerprint density at radius 2 is 2.11 bits per heavy atom. The zero-order chi connectivity index (χ0) is 25.2. The Kier molecular flexibility index (Phi) is 7.58. The summed E-state index contributed by atoms with van der Waals surface area (Å²) >= 11 is 7.11. The summed E-state index contributed by atoms with van der Waals surface area (Å²) in [5.41, 5.74) is -1.67. The van der Waals surface area contributed by atoms with Crippen molar-refractivity contribution >= 4 is 39.9 Å². The lowest BCUT2D eigenvalue weighted by Crippen LogP contribution is -2.53. The van der Waals surface area contributed by atoms with Gasteiger partial charge in [0.2, 0.25) is 0 Å². The molecule has 1 aromatic carbocycles. The minimum atomic E-state index is -2.90. The molecule has 0 amide bonds. The number of nitrogens with one attached hydrogen (secondary N) is 1. The normalized spacial score (nSPS) is 20.8. The summed E-state index contributed by atoms with van der Waals surface area (Å²) in [5, 5.41) is 15.1. The van der Waals surface area contributed by atoms with E-state index in [1.54, 1.807) is 11.6 Å². The van der Waals surface area contributed by atoms with E-state index in [-0.39, 0.29) is 48.0 Å². The summed E-state index contributed by atoms with van der Waals surface area (Å²) in [7, 11) is 0. The van der Waals surface area contributed by atoms with Crippen LogP contribution in [0.15, 0.2) is 41.9 Å². The molecule has 35 heavy (non-hydrogen) atoms. The van der Waals surface area contributed by atoms with Gasteiger partial charge in [-0.2, -0.15) is 0 Å². The van der Waals surface area contributed by atoms with Crippen molar-refractivity contribution in [2.45, 2.75) is 38.3 Å². The number of rotatable bonds is 8. The van der Waals surface area contributed by atoms with Gasteiger partial charge in [-0.15, -0.1) is 11.3 Å². The number of thiazole rings is 1. The number of carbonyl (C=O) groups is 1. The fourth-order valence-corrected chi connectivity index (χ4v) is 5.04. The molecular weight excluding hydrogens is 508 g/mol. The van der Waals surface area contributed by atoms with Crippen LogP contribution in [0.25, 0.3) is 0 Å². The number of carboxylic acids is 1. The maximum absolute atomic E-state index is 14.6. The number of nitrogens with zero attached hydrogens (tertiary/aromatic N) is 3.